The van der Waals surface area contributed by atoms with Crippen LogP contribution in [0.15, 0.2) is 50.2 Å². The summed E-state index contributed by atoms with van der Waals surface area (Å²) in [7, 11) is -3.79. The first-order valence-corrected chi connectivity index (χ1v) is 8.07. The topological polar surface area (TPSA) is 98.2 Å². The van der Waals surface area contributed by atoms with Gasteiger partial charge in [-0.05, 0) is 43.3 Å². The second-order valence-electron chi connectivity index (χ2n) is 4.70. The van der Waals surface area contributed by atoms with E-state index >= 15 is 0 Å². The molecule has 120 valence electrons. The third kappa shape index (κ3) is 3.46. The predicted molar refractivity (Wildman–Crippen MR) is 77.2 cm³/mol. The molecule has 0 aliphatic heterocycles. The summed E-state index contributed by atoms with van der Waals surface area (Å²) in [4.78, 5) is 3.99. The van der Waals surface area contributed by atoms with Crippen LogP contribution in [0.1, 0.15) is 11.6 Å². The molecule has 3 aromatic rings. The fourth-order valence-electron chi connectivity index (χ4n) is 1.83. The summed E-state index contributed by atoms with van der Waals surface area (Å²) in [6.07, 6.45) is 0. The van der Waals surface area contributed by atoms with Crippen LogP contribution >= 0.6 is 0 Å². The Labute approximate surface area is 131 Å². The van der Waals surface area contributed by atoms with Crippen LogP contribution in [-0.2, 0) is 16.6 Å². The first-order chi connectivity index (χ1) is 10.9. The molecule has 0 unspecified atom stereocenters. The molecular formula is C14H12FN3O4S. The zero-order valence-corrected chi connectivity index (χ0v) is 12.8. The van der Waals surface area contributed by atoms with Crippen LogP contribution in [-0.4, -0.2) is 18.6 Å². The van der Waals surface area contributed by atoms with E-state index in [0.717, 1.165) is 12.1 Å². The Bertz CT molecular complexity index is 916. The lowest BCUT2D eigenvalue weighted by atomic mass is 10.4. The third-order valence-electron chi connectivity index (χ3n) is 2.96. The molecule has 0 saturated heterocycles. The van der Waals surface area contributed by atoms with Crippen LogP contribution in [0.3, 0.4) is 0 Å². The molecule has 3 rings (SSSR count). The summed E-state index contributed by atoms with van der Waals surface area (Å²) in [5.74, 6) is 0.897. The van der Waals surface area contributed by atoms with Crippen molar-refractivity contribution < 1.29 is 21.7 Å². The molecule has 0 saturated carbocycles. The highest BCUT2D eigenvalue weighted by molar-refractivity contribution is 7.89. The van der Waals surface area contributed by atoms with Crippen molar-refractivity contribution in [3.8, 4) is 11.7 Å². The molecular weight excluding hydrogens is 325 g/mol. The van der Waals surface area contributed by atoms with Gasteiger partial charge in [0.15, 0.2) is 11.6 Å². The van der Waals surface area contributed by atoms with Crippen molar-refractivity contribution in [2.75, 3.05) is 0 Å². The Morgan fingerprint density at radius 2 is 1.91 bits per heavy atom. The Hall–Kier alpha value is -2.52. The van der Waals surface area contributed by atoms with Crippen molar-refractivity contribution in [3.05, 3.63) is 53.8 Å². The van der Waals surface area contributed by atoms with E-state index < -0.39 is 15.8 Å². The Balaban J connectivity index is 1.71. The lowest BCUT2D eigenvalue weighted by Gasteiger charge is -2.04. The molecule has 0 atom stereocenters. The van der Waals surface area contributed by atoms with Gasteiger partial charge in [0.2, 0.25) is 10.0 Å². The maximum absolute atomic E-state index is 12.8. The van der Waals surface area contributed by atoms with E-state index in [2.05, 4.69) is 14.9 Å². The number of hydrogen-bond donors (Lipinski definition) is 1. The van der Waals surface area contributed by atoms with Gasteiger partial charge in [-0.2, -0.15) is 4.98 Å². The van der Waals surface area contributed by atoms with Crippen LogP contribution in [0, 0.1) is 12.7 Å². The largest absolute Gasteiger partial charge is 0.456 e. The number of benzene rings is 1. The molecule has 0 radical (unpaired) electrons. The summed E-state index contributed by atoms with van der Waals surface area (Å²) < 4.78 is 49.6. The average Bonchev–Trinajstić information content (AvgIpc) is 3.14. The molecule has 23 heavy (non-hydrogen) atoms. The van der Waals surface area contributed by atoms with E-state index in [4.69, 9.17) is 8.94 Å². The maximum Gasteiger partial charge on any atom is 0.293 e. The molecule has 7 nitrogen and oxygen atoms in total. The van der Waals surface area contributed by atoms with Gasteiger partial charge in [-0.25, -0.2) is 17.5 Å². The van der Waals surface area contributed by atoms with E-state index in [1.165, 1.54) is 12.1 Å². The summed E-state index contributed by atoms with van der Waals surface area (Å²) in [5.41, 5.74) is 0. The van der Waals surface area contributed by atoms with Crippen LogP contribution in [0.25, 0.3) is 11.7 Å². The van der Waals surface area contributed by atoms with Crippen molar-refractivity contribution in [2.45, 2.75) is 18.4 Å². The summed E-state index contributed by atoms with van der Waals surface area (Å²) >= 11 is 0. The van der Waals surface area contributed by atoms with Crippen LogP contribution < -0.4 is 4.72 Å². The van der Waals surface area contributed by atoms with Crippen molar-refractivity contribution in [3.63, 3.8) is 0 Å². The molecule has 0 fully saturated rings. The molecule has 2 heterocycles. The molecule has 0 amide bonds. The number of rotatable bonds is 5. The minimum atomic E-state index is -3.79. The smallest absolute Gasteiger partial charge is 0.293 e. The molecule has 2 aromatic heterocycles. The Morgan fingerprint density at radius 1 is 1.17 bits per heavy atom. The van der Waals surface area contributed by atoms with Crippen LogP contribution in [0.5, 0.6) is 0 Å². The first-order valence-electron chi connectivity index (χ1n) is 6.59. The van der Waals surface area contributed by atoms with Gasteiger partial charge < -0.3 is 8.94 Å². The second-order valence-corrected chi connectivity index (χ2v) is 6.47. The number of nitrogens with one attached hydrogen (secondary N) is 1. The molecule has 0 bridgehead atoms. The molecule has 1 N–H and O–H groups in total. The zero-order chi connectivity index (χ0) is 16.4. The summed E-state index contributed by atoms with van der Waals surface area (Å²) in [6.45, 7) is 1.61. The lowest BCUT2D eigenvalue weighted by molar-refractivity contribution is 0.406. The standard InChI is InChI=1S/C14H12FN3O4S/c1-9-2-7-12(21-9)14-17-13(18-22-14)8-16-23(19,20)11-5-3-10(15)4-6-11/h2-7,16H,8H2,1H3. The van der Waals surface area contributed by atoms with Gasteiger partial charge in [0.25, 0.3) is 5.89 Å². The monoisotopic (exact) mass is 337 g/mol. The highest BCUT2D eigenvalue weighted by Gasteiger charge is 2.17. The van der Waals surface area contributed by atoms with E-state index in [-0.39, 0.29) is 23.2 Å². The number of furan rings is 1. The fraction of sp³-hybridized carbons (Fsp3) is 0.143. The van der Waals surface area contributed by atoms with E-state index in [0.29, 0.717) is 11.5 Å². The van der Waals surface area contributed by atoms with Crippen LogP contribution in [0.4, 0.5) is 4.39 Å². The molecule has 0 aliphatic rings. The van der Waals surface area contributed by atoms with E-state index in [9.17, 15) is 12.8 Å². The minimum absolute atomic E-state index is 0.0516. The Morgan fingerprint density at radius 3 is 2.57 bits per heavy atom. The minimum Gasteiger partial charge on any atom is -0.456 e. The van der Waals surface area contributed by atoms with Crippen LogP contribution in [0.2, 0.25) is 0 Å². The van der Waals surface area contributed by atoms with Gasteiger partial charge in [0.1, 0.15) is 11.6 Å². The van der Waals surface area contributed by atoms with E-state index in [1.54, 1.807) is 19.1 Å². The average molecular weight is 337 g/mol. The number of aryl methyl sites for hydroxylation is 1. The predicted octanol–water partition coefficient (Wildman–Crippen LogP) is 2.26. The molecule has 0 aliphatic carbocycles. The normalized spacial score (nSPS) is 11.7. The number of hydrogen-bond acceptors (Lipinski definition) is 6. The molecule has 9 heteroatoms. The van der Waals surface area contributed by atoms with Gasteiger partial charge >= 0.3 is 0 Å². The molecule has 1 aromatic carbocycles. The van der Waals surface area contributed by atoms with Gasteiger partial charge in [-0.1, -0.05) is 5.16 Å². The summed E-state index contributed by atoms with van der Waals surface area (Å²) in [6, 6.07) is 7.90. The van der Waals surface area contributed by atoms with Gasteiger partial charge in [-0.15, -0.1) is 0 Å². The Kier molecular flexibility index (Phi) is 3.97. The van der Waals surface area contributed by atoms with E-state index in [1.807, 2.05) is 0 Å². The van der Waals surface area contributed by atoms with Gasteiger partial charge in [0.05, 0.1) is 11.4 Å². The van der Waals surface area contributed by atoms with Crippen molar-refractivity contribution in [1.82, 2.24) is 14.9 Å². The maximum atomic E-state index is 12.8. The number of nitrogens with zero attached hydrogens (tertiary/aromatic N) is 2. The zero-order valence-electron chi connectivity index (χ0n) is 12.0. The quantitative estimate of drug-likeness (QED) is 0.767. The third-order valence-corrected chi connectivity index (χ3v) is 4.38. The van der Waals surface area contributed by atoms with Gasteiger partial charge in [0, 0.05) is 0 Å². The van der Waals surface area contributed by atoms with Crippen molar-refractivity contribution >= 4 is 10.0 Å². The summed E-state index contributed by atoms with van der Waals surface area (Å²) in [5, 5.41) is 3.68. The highest BCUT2D eigenvalue weighted by Crippen LogP contribution is 2.19. The number of halogens is 1. The van der Waals surface area contributed by atoms with Crippen molar-refractivity contribution in [2.24, 2.45) is 0 Å². The number of sulfonamides is 1. The van der Waals surface area contributed by atoms with Crippen molar-refractivity contribution in [1.29, 1.82) is 0 Å². The first kappa shape index (κ1) is 15.4. The van der Waals surface area contributed by atoms with Gasteiger partial charge in [-0.3, -0.25) is 0 Å². The second kappa shape index (κ2) is 5.94. The number of aromatic nitrogens is 2. The highest BCUT2D eigenvalue weighted by atomic mass is 32.2. The SMILES string of the molecule is Cc1ccc(-c2nc(CNS(=O)(=O)c3ccc(F)cc3)no2)o1. The fourth-order valence-corrected chi connectivity index (χ4v) is 2.81. The lowest BCUT2D eigenvalue weighted by Crippen LogP contribution is -2.23. The molecule has 0 spiro atoms.